The number of carbonyl (C=O) groups excluding carboxylic acids is 2. The monoisotopic (exact) mass is 346 g/mol. The Kier molecular flexibility index (Phi) is 6.98. The summed E-state index contributed by atoms with van der Waals surface area (Å²) < 4.78 is 0. The number of anilines is 1. The van der Waals surface area contributed by atoms with Gasteiger partial charge >= 0.3 is 5.97 Å². The summed E-state index contributed by atoms with van der Waals surface area (Å²) in [5.41, 5.74) is 0.542. The van der Waals surface area contributed by atoms with Gasteiger partial charge in [-0.15, -0.1) is 0 Å². The van der Waals surface area contributed by atoms with Crippen molar-refractivity contribution in [2.24, 2.45) is 5.92 Å². The Hall–Kier alpha value is -2.37. The van der Waals surface area contributed by atoms with Gasteiger partial charge in [-0.05, 0) is 31.9 Å². The van der Waals surface area contributed by atoms with Crippen LogP contribution in [0.3, 0.4) is 0 Å². The van der Waals surface area contributed by atoms with Crippen molar-refractivity contribution < 1.29 is 19.5 Å². The number of amides is 2. The Morgan fingerprint density at radius 2 is 1.80 bits per heavy atom. The third kappa shape index (κ3) is 5.89. The van der Waals surface area contributed by atoms with Crippen LogP contribution in [-0.4, -0.2) is 35.5 Å². The molecule has 0 bridgehead atoms. The van der Waals surface area contributed by atoms with Crippen molar-refractivity contribution in [2.45, 2.75) is 51.5 Å². The van der Waals surface area contributed by atoms with Crippen molar-refractivity contribution in [1.29, 1.82) is 0 Å². The van der Waals surface area contributed by atoms with E-state index >= 15 is 0 Å². The van der Waals surface area contributed by atoms with E-state index in [2.05, 4.69) is 5.32 Å². The van der Waals surface area contributed by atoms with Crippen LogP contribution in [0.15, 0.2) is 30.3 Å². The van der Waals surface area contributed by atoms with Gasteiger partial charge in [0.1, 0.15) is 6.54 Å². The predicted octanol–water partition coefficient (Wildman–Crippen LogP) is 2.58. The minimum atomic E-state index is -1.07. The normalized spacial score (nSPS) is 16.0. The molecule has 6 heteroatoms. The van der Waals surface area contributed by atoms with Crippen LogP contribution in [0.4, 0.5) is 5.69 Å². The van der Waals surface area contributed by atoms with E-state index in [1.807, 2.05) is 0 Å². The van der Waals surface area contributed by atoms with Crippen LogP contribution >= 0.6 is 0 Å². The lowest BCUT2D eigenvalue weighted by Crippen LogP contribution is -2.43. The van der Waals surface area contributed by atoms with E-state index in [1.54, 1.807) is 37.3 Å². The van der Waals surface area contributed by atoms with Crippen LogP contribution in [0.5, 0.6) is 0 Å². The van der Waals surface area contributed by atoms with Gasteiger partial charge in [-0.2, -0.15) is 0 Å². The molecule has 0 aromatic heterocycles. The summed E-state index contributed by atoms with van der Waals surface area (Å²) >= 11 is 0. The van der Waals surface area contributed by atoms with Gasteiger partial charge in [0.05, 0.1) is 0 Å². The molecule has 1 aromatic rings. The average Bonchev–Trinajstić information content (AvgIpc) is 2.60. The van der Waals surface area contributed by atoms with E-state index in [4.69, 9.17) is 5.11 Å². The summed E-state index contributed by atoms with van der Waals surface area (Å²) in [5.74, 6) is -1.35. The van der Waals surface area contributed by atoms with Crippen molar-refractivity contribution in [3.8, 4) is 0 Å². The van der Waals surface area contributed by atoms with Gasteiger partial charge in [0.25, 0.3) is 0 Å². The number of para-hydroxylation sites is 1. The third-order valence-electron chi connectivity index (χ3n) is 4.51. The molecule has 0 heterocycles. The second kappa shape index (κ2) is 9.20. The molecule has 1 unspecified atom stereocenters. The molecular weight excluding hydrogens is 320 g/mol. The Balaban J connectivity index is 1.94. The topological polar surface area (TPSA) is 86.7 Å². The van der Waals surface area contributed by atoms with Crippen molar-refractivity contribution >= 4 is 23.5 Å². The molecule has 0 aliphatic heterocycles. The van der Waals surface area contributed by atoms with Crippen LogP contribution < -0.4 is 10.2 Å². The van der Waals surface area contributed by atoms with E-state index in [0.29, 0.717) is 5.69 Å². The van der Waals surface area contributed by atoms with Gasteiger partial charge in [-0.1, -0.05) is 37.5 Å². The van der Waals surface area contributed by atoms with E-state index in [-0.39, 0.29) is 30.2 Å². The lowest BCUT2D eigenvalue weighted by Gasteiger charge is -2.25. The molecule has 25 heavy (non-hydrogen) atoms. The number of hydrogen-bond acceptors (Lipinski definition) is 3. The Morgan fingerprint density at radius 3 is 2.40 bits per heavy atom. The standard InChI is InChI=1S/C19H26N2O4/c1-14(20-19(25)15-8-4-2-5-9-15)12-17(22)21(13-18(23)24)16-10-6-3-7-11-16/h3,6-7,10-11,14-15H,2,4-5,8-9,12-13H2,1H3,(H,20,25)(H,23,24). The number of nitrogens with zero attached hydrogens (tertiary/aromatic N) is 1. The Bertz CT molecular complexity index is 597. The lowest BCUT2D eigenvalue weighted by molar-refractivity contribution is -0.137. The summed E-state index contributed by atoms with van der Waals surface area (Å²) in [7, 11) is 0. The van der Waals surface area contributed by atoms with Crippen molar-refractivity contribution in [2.75, 3.05) is 11.4 Å². The Labute approximate surface area is 148 Å². The fourth-order valence-electron chi connectivity index (χ4n) is 3.22. The molecule has 1 aliphatic carbocycles. The van der Waals surface area contributed by atoms with Gasteiger partial charge in [-0.3, -0.25) is 14.4 Å². The first-order valence-corrected chi connectivity index (χ1v) is 8.85. The van der Waals surface area contributed by atoms with Crippen molar-refractivity contribution in [3.63, 3.8) is 0 Å². The molecule has 0 spiro atoms. The van der Waals surface area contributed by atoms with Gasteiger partial charge in [-0.25, -0.2) is 0 Å². The summed E-state index contributed by atoms with van der Waals surface area (Å²) in [6.07, 6.45) is 5.21. The number of benzene rings is 1. The van der Waals surface area contributed by atoms with Crippen LogP contribution in [-0.2, 0) is 14.4 Å². The zero-order valence-electron chi connectivity index (χ0n) is 14.6. The van der Waals surface area contributed by atoms with E-state index in [9.17, 15) is 14.4 Å². The minimum Gasteiger partial charge on any atom is -0.480 e. The van der Waals surface area contributed by atoms with Crippen molar-refractivity contribution in [3.05, 3.63) is 30.3 Å². The average molecular weight is 346 g/mol. The molecule has 2 rings (SSSR count). The minimum absolute atomic E-state index is 0.00416. The maximum atomic E-state index is 12.6. The first-order valence-electron chi connectivity index (χ1n) is 8.85. The number of carbonyl (C=O) groups is 3. The second-order valence-corrected chi connectivity index (χ2v) is 6.66. The summed E-state index contributed by atoms with van der Waals surface area (Å²) in [6.45, 7) is 1.38. The molecule has 0 saturated heterocycles. The molecule has 6 nitrogen and oxygen atoms in total. The largest absolute Gasteiger partial charge is 0.480 e. The van der Waals surface area contributed by atoms with Gasteiger partial charge < -0.3 is 15.3 Å². The van der Waals surface area contributed by atoms with Crippen LogP contribution in [0.1, 0.15) is 45.4 Å². The number of carboxylic acids is 1. The predicted molar refractivity (Wildman–Crippen MR) is 95.2 cm³/mol. The SMILES string of the molecule is CC(CC(=O)N(CC(=O)O)c1ccccc1)NC(=O)C1CCCCC1. The molecule has 2 amide bonds. The number of hydrogen-bond donors (Lipinski definition) is 2. The van der Waals surface area contributed by atoms with E-state index in [0.717, 1.165) is 25.7 Å². The fourth-order valence-corrected chi connectivity index (χ4v) is 3.22. The smallest absolute Gasteiger partial charge is 0.323 e. The first kappa shape index (κ1) is 19.0. The summed E-state index contributed by atoms with van der Waals surface area (Å²) in [6, 6.07) is 8.39. The fraction of sp³-hybridized carbons (Fsp3) is 0.526. The molecule has 1 aliphatic rings. The summed E-state index contributed by atoms with van der Waals surface area (Å²) in [5, 5.41) is 12.0. The molecule has 1 fully saturated rings. The maximum Gasteiger partial charge on any atom is 0.323 e. The molecule has 136 valence electrons. The van der Waals surface area contributed by atoms with Crippen LogP contribution in [0.2, 0.25) is 0 Å². The maximum absolute atomic E-state index is 12.6. The molecule has 1 atom stereocenters. The van der Waals surface area contributed by atoms with Gasteiger partial charge in [0.2, 0.25) is 11.8 Å². The van der Waals surface area contributed by atoms with Crippen LogP contribution in [0, 0.1) is 5.92 Å². The lowest BCUT2D eigenvalue weighted by atomic mass is 9.88. The zero-order chi connectivity index (χ0) is 18.2. The van der Waals surface area contributed by atoms with E-state index < -0.39 is 12.5 Å². The van der Waals surface area contributed by atoms with Crippen LogP contribution in [0.25, 0.3) is 0 Å². The third-order valence-corrected chi connectivity index (χ3v) is 4.51. The molecule has 1 aromatic carbocycles. The highest BCUT2D eigenvalue weighted by Gasteiger charge is 2.25. The van der Waals surface area contributed by atoms with Gasteiger partial charge in [0, 0.05) is 24.1 Å². The Morgan fingerprint density at radius 1 is 1.16 bits per heavy atom. The molecular formula is C19H26N2O4. The highest BCUT2D eigenvalue weighted by atomic mass is 16.4. The number of carboxylic acid groups (broad SMARTS) is 1. The number of nitrogens with one attached hydrogen (secondary N) is 1. The molecule has 0 radical (unpaired) electrons. The number of rotatable bonds is 7. The summed E-state index contributed by atoms with van der Waals surface area (Å²) in [4.78, 5) is 37.2. The molecule has 1 saturated carbocycles. The first-order chi connectivity index (χ1) is 12.0. The number of aliphatic carboxylic acids is 1. The van der Waals surface area contributed by atoms with Crippen molar-refractivity contribution in [1.82, 2.24) is 5.32 Å². The highest BCUT2D eigenvalue weighted by molar-refractivity contribution is 5.97. The highest BCUT2D eigenvalue weighted by Crippen LogP contribution is 2.24. The zero-order valence-corrected chi connectivity index (χ0v) is 14.6. The van der Waals surface area contributed by atoms with Gasteiger partial charge in [0.15, 0.2) is 0 Å². The second-order valence-electron chi connectivity index (χ2n) is 6.66. The quantitative estimate of drug-likeness (QED) is 0.794. The van der Waals surface area contributed by atoms with E-state index in [1.165, 1.54) is 11.3 Å². The molecule has 2 N–H and O–H groups in total.